The first-order valence-electron chi connectivity index (χ1n) is 6.59. The van der Waals surface area contributed by atoms with Gasteiger partial charge in [-0.15, -0.1) is 11.3 Å². The lowest BCUT2D eigenvalue weighted by molar-refractivity contribution is -0.124. The van der Waals surface area contributed by atoms with E-state index < -0.39 is 5.41 Å². The van der Waals surface area contributed by atoms with Gasteiger partial charge in [0, 0.05) is 11.4 Å². The Balaban J connectivity index is 2.09. The number of aryl methyl sites for hydroxylation is 2. The molecule has 1 unspecified atom stereocenters. The van der Waals surface area contributed by atoms with Crippen molar-refractivity contribution in [2.75, 3.05) is 11.9 Å². The van der Waals surface area contributed by atoms with Gasteiger partial charge in [0.25, 0.3) is 0 Å². The summed E-state index contributed by atoms with van der Waals surface area (Å²) < 4.78 is 0. The number of hydrogen-bond donors (Lipinski definition) is 2. The Morgan fingerprint density at radius 1 is 1.50 bits per heavy atom. The van der Waals surface area contributed by atoms with Gasteiger partial charge >= 0.3 is 0 Å². The molecule has 1 atom stereocenters. The summed E-state index contributed by atoms with van der Waals surface area (Å²) in [5, 5.41) is 3.67. The van der Waals surface area contributed by atoms with Gasteiger partial charge in [-0.05, 0) is 39.0 Å². The molecule has 0 bridgehead atoms. The normalized spacial score (nSPS) is 17.9. The summed E-state index contributed by atoms with van der Waals surface area (Å²) in [6, 6.07) is 0. The molecule has 1 aromatic heterocycles. The van der Waals surface area contributed by atoms with E-state index in [0.29, 0.717) is 6.54 Å². The summed E-state index contributed by atoms with van der Waals surface area (Å²) in [6.07, 6.45) is 5.33. The van der Waals surface area contributed by atoms with E-state index in [9.17, 15) is 4.79 Å². The van der Waals surface area contributed by atoms with Crippen LogP contribution in [-0.4, -0.2) is 17.4 Å². The second-order valence-corrected chi connectivity index (χ2v) is 6.25. The zero-order valence-corrected chi connectivity index (χ0v) is 11.9. The van der Waals surface area contributed by atoms with E-state index in [1.54, 1.807) is 11.3 Å². The molecular weight excluding hydrogens is 246 g/mol. The van der Waals surface area contributed by atoms with Gasteiger partial charge in [-0.3, -0.25) is 4.79 Å². The Labute approximate surface area is 112 Å². The minimum Gasteiger partial charge on any atom is -0.329 e. The molecule has 4 nitrogen and oxygen atoms in total. The predicted molar refractivity (Wildman–Crippen MR) is 74.8 cm³/mol. The summed E-state index contributed by atoms with van der Waals surface area (Å²) in [5.74, 6) is -0.0152. The number of nitrogens with one attached hydrogen (secondary N) is 1. The predicted octanol–water partition coefficient (Wildman–Crippen LogP) is 2.34. The van der Waals surface area contributed by atoms with E-state index in [1.165, 1.54) is 23.4 Å². The van der Waals surface area contributed by atoms with Gasteiger partial charge in [-0.2, -0.15) is 0 Å². The maximum absolute atomic E-state index is 12.2. The van der Waals surface area contributed by atoms with Gasteiger partial charge in [0.2, 0.25) is 5.91 Å². The van der Waals surface area contributed by atoms with E-state index in [1.807, 2.05) is 13.8 Å². The molecule has 1 aromatic rings. The fourth-order valence-corrected chi connectivity index (χ4v) is 3.10. The maximum Gasteiger partial charge on any atom is 0.233 e. The number of aromatic nitrogens is 1. The summed E-state index contributed by atoms with van der Waals surface area (Å²) >= 11 is 1.62. The lowest BCUT2D eigenvalue weighted by Gasteiger charge is -2.24. The van der Waals surface area contributed by atoms with Crippen LogP contribution in [0.2, 0.25) is 0 Å². The molecule has 2 rings (SSSR count). The Bertz CT molecular complexity index is 414. The highest BCUT2D eigenvalue weighted by molar-refractivity contribution is 7.15. The molecule has 5 heteroatoms. The molecule has 0 fully saturated rings. The van der Waals surface area contributed by atoms with Crippen LogP contribution in [0, 0.1) is 5.41 Å². The van der Waals surface area contributed by atoms with Crippen LogP contribution < -0.4 is 11.1 Å². The van der Waals surface area contributed by atoms with Gasteiger partial charge in [-0.1, -0.05) is 6.92 Å². The van der Waals surface area contributed by atoms with Gasteiger partial charge in [0.15, 0.2) is 5.13 Å². The molecule has 18 heavy (non-hydrogen) atoms. The Kier molecular flexibility index (Phi) is 4.02. The molecule has 3 N–H and O–H groups in total. The quantitative estimate of drug-likeness (QED) is 0.879. The first-order chi connectivity index (χ1) is 8.59. The van der Waals surface area contributed by atoms with Crippen molar-refractivity contribution in [1.29, 1.82) is 0 Å². The van der Waals surface area contributed by atoms with Gasteiger partial charge in [0.1, 0.15) is 0 Å². The van der Waals surface area contributed by atoms with Crippen LogP contribution in [0.4, 0.5) is 5.13 Å². The first-order valence-corrected chi connectivity index (χ1v) is 7.41. The number of carbonyl (C=O) groups excluding carboxylic acids is 1. The van der Waals surface area contributed by atoms with Crippen LogP contribution in [-0.2, 0) is 17.6 Å². The standard InChI is InChI=1S/C13H21N3OS/c1-3-13(2,8-14)11(17)16-12-15-9-6-4-5-7-10(9)18-12/h3-8,14H2,1-2H3,(H,15,16,17). The third kappa shape index (κ3) is 2.57. The number of thiazole rings is 1. The molecule has 1 amide bonds. The number of amides is 1. The molecule has 100 valence electrons. The van der Waals surface area contributed by atoms with Crippen LogP contribution >= 0.6 is 11.3 Å². The first kappa shape index (κ1) is 13.5. The zero-order chi connectivity index (χ0) is 13.2. The van der Waals surface area contributed by atoms with E-state index in [0.717, 1.165) is 24.4 Å². The van der Waals surface area contributed by atoms with Crippen molar-refractivity contribution in [1.82, 2.24) is 4.98 Å². The molecule has 0 radical (unpaired) electrons. The SMILES string of the molecule is CCC(C)(CN)C(=O)Nc1nc2c(s1)CCCC2. The fourth-order valence-electron chi connectivity index (χ4n) is 2.05. The lowest BCUT2D eigenvalue weighted by atomic mass is 9.87. The number of anilines is 1. The number of nitrogens with zero attached hydrogens (tertiary/aromatic N) is 1. The Hall–Kier alpha value is -0.940. The van der Waals surface area contributed by atoms with E-state index in [4.69, 9.17) is 5.73 Å². The highest BCUT2D eigenvalue weighted by Crippen LogP contribution is 2.31. The molecule has 0 aliphatic heterocycles. The van der Waals surface area contributed by atoms with Crippen molar-refractivity contribution >= 4 is 22.4 Å². The highest BCUT2D eigenvalue weighted by Gasteiger charge is 2.30. The maximum atomic E-state index is 12.2. The van der Waals surface area contributed by atoms with Crippen molar-refractivity contribution in [3.63, 3.8) is 0 Å². The molecule has 1 aliphatic carbocycles. The number of nitrogens with two attached hydrogens (primary N) is 1. The van der Waals surface area contributed by atoms with Gasteiger partial charge in [-0.25, -0.2) is 4.98 Å². The summed E-state index contributed by atoms with van der Waals surface area (Å²) in [7, 11) is 0. The summed E-state index contributed by atoms with van der Waals surface area (Å²) in [4.78, 5) is 18.0. The highest BCUT2D eigenvalue weighted by atomic mass is 32.1. The van der Waals surface area contributed by atoms with Crippen molar-refractivity contribution in [2.45, 2.75) is 46.0 Å². The summed E-state index contributed by atoms with van der Waals surface area (Å²) in [5.41, 5.74) is 6.37. The lowest BCUT2D eigenvalue weighted by Crippen LogP contribution is -2.39. The molecule has 0 saturated heterocycles. The number of carbonyl (C=O) groups is 1. The van der Waals surface area contributed by atoms with Crippen molar-refractivity contribution in [3.05, 3.63) is 10.6 Å². The van der Waals surface area contributed by atoms with Crippen LogP contribution in [0.25, 0.3) is 0 Å². The average Bonchev–Trinajstić information content (AvgIpc) is 2.79. The topological polar surface area (TPSA) is 68.0 Å². The van der Waals surface area contributed by atoms with Gasteiger partial charge < -0.3 is 11.1 Å². The second kappa shape index (κ2) is 5.36. The van der Waals surface area contributed by atoms with Gasteiger partial charge in [0.05, 0.1) is 11.1 Å². The Morgan fingerprint density at radius 3 is 2.83 bits per heavy atom. The molecule has 0 saturated carbocycles. The summed E-state index contributed by atoms with van der Waals surface area (Å²) in [6.45, 7) is 4.25. The Morgan fingerprint density at radius 2 is 2.22 bits per heavy atom. The fraction of sp³-hybridized carbons (Fsp3) is 0.692. The molecular formula is C13H21N3OS. The van der Waals surface area contributed by atoms with E-state index >= 15 is 0 Å². The van der Waals surface area contributed by atoms with E-state index in [2.05, 4.69) is 10.3 Å². The van der Waals surface area contributed by atoms with Crippen LogP contribution in [0.15, 0.2) is 0 Å². The molecule has 1 heterocycles. The zero-order valence-electron chi connectivity index (χ0n) is 11.1. The second-order valence-electron chi connectivity index (χ2n) is 5.17. The third-order valence-corrected chi connectivity index (χ3v) is 4.92. The minimum absolute atomic E-state index is 0.0152. The molecule has 1 aliphatic rings. The van der Waals surface area contributed by atoms with Crippen LogP contribution in [0.1, 0.15) is 43.7 Å². The van der Waals surface area contributed by atoms with E-state index in [-0.39, 0.29) is 5.91 Å². The van der Waals surface area contributed by atoms with Crippen molar-refractivity contribution in [2.24, 2.45) is 11.1 Å². The number of fused-ring (bicyclic) bond motifs is 1. The molecule has 0 aromatic carbocycles. The monoisotopic (exact) mass is 267 g/mol. The minimum atomic E-state index is -0.494. The largest absolute Gasteiger partial charge is 0.329 e. The number of rotatable bonds is 4. The average molecular weight is 267 g/mol. The smallest absolute Gasteiger partial charge is 0.233 e. The van der Waals surface area contributed by atoms with Crippen molar-refractivity contribution < 1.29 is 4.79 Å². The van der Waals surface area contributed by atoms with Crippen LogP contribution in [0.3, 0.4) is 0 Å². The molecule has 0 spiro atoms. The van der Waals surface area contributed by atoms with Crippen LogP contribution in [0.5, 0.6) is 0 Å². The number of hydrogen-bond acceptors (Lipinski definition) is 4. The van der Waals surface area contributed by atoms with Crippen molar-refractivity contribution in [3.8, 4) is 0 Å². The third-order valence-electron chi connectivity index (χ3n) is 3.85.